The molecular weight excluding hydrogens is 246 g/mol. The predicted molar refractivity (Wildman–Crippen MR) is 87.3 cm³/mol. The van der Waals surface area contributed by atoms with Gasteiger partial charge >= 0.3 is 0 Å². The normalized spacial score (nSPS) is 12.2. The number of aryl methyl sites for hydroxylation is 2. The molecule has 0 radical (unpaired) electrons. The van der Waals surface area contributed by atoms with Gasteiger partial charge in [-0.2, -0.15) is 0 Å². The van der Waals surface area contributed by atoms with Gasteiger partial charge in [0.2, 0.25) is 0 Å². The first-order valence-corrected chi connectivity index (χ1v) is 7.73. The van der Waals surface area contributed by atoms with Crippen LogP contribution in [0.15, 0.2) is 12.1 Å². The van der Waals surface area contributed by atoms with Crippen LogP contribution in [0.2, 0.25) is 0 Å². The SMILES string of the molecule is CCN(CCCO)Cc1c(C)cc(C(C)(C)C)cc1C. The third kappa shape index (κ3) is 4.60. The van der Waals surface area contributed by atoms with Gasteiger partial charge in [-0.3, -0.25) is 4.90 Å². The van der Waals surface area contributed by atoms with Gasteiger partial charge in [-0.05, 0) is 54.5 Å². The summed E-state index contributed by atoms with van der Waals surface area (Å²) < 4.78 is 0. The van der Waals surface area contributed by atoms with Gasteiger partial charge in [0.15, 0.2) is 0 Å². The zero-order chi connectivity index (χ0) is 15.3. The molecule has 0 heterocycles. The average molecular weight is 277 g/mol. The Balaban J connectivity index is 2.96. The number of aliphatic hydroxyl groups excluding tert-OH is 1. The molecule has 0 spiro atoms. The molecule has 0 aliphatic rings. The third-order valence-corrected chi connectivity index (χ3v) is 4.02. The Hall–Kier alpha value is -0.860. The molecule has 1 aromatic carbocycles. The zero-order valence-electron chi connectivity index (χ0n) is 14.1. The Kier molecular flexibility index (Phi) is 6.22. The first-order chi connectivity index (χ1) is 9.29. The minimum Gasteiger partial charge on any atom is -0.396 e. The van der Waals surface area contributed by atoms with E-state index in [1.807, 2.05) is 0 Å². The fraction of sp³-hybridized carbons (Fsp3) is 0.667. The summed E-state index contributed by atoms with van der Waals surface area (Å²) in [7, 11) is 0. The van der Waals surface area contributed by atoms with Crippen LogP contribution in [0.5, 0.6) is 0 Å². The Morgan fingerprint density at radius 3 is 2.05 bits per heavy atom. The lowest BCUT2D eigenvalue weighted by atomic mass is 9.83. The summed E-state index contributed by atoms with van der Waals surface area (Å²) in [5.41, 5.74) is 5.83. The summed E-state index contributed by atoms with van der Waals surface area (Å²) >= 11 is 0. The number of nitrogens with zero attached hydrogens (tertiary/aromatic N) is 1. The van der Waals surface area contributed by atoms with Crippen molar-refractivity contribution in [2.24, 2.45) is 0 Å². The molecule has 0 unspecified atom stereocenters. The van der Waals surface area contributed by atoms with Crippen molar-refractivity contribution in [1.29, 1.82) is 0 Å². The van der Waals surface area contributed by atoms with E-state index in [0.717, 1.165) is 26.1 Å². The lowest BCUT2D eigenvalue weighted by molar-refractivity contribution is 0.225. The van der Waals surface area contributed by atoms with Crippen LogP contribution in [0.1, 0.15) is 56.4 Å². The summed E-state index contributed by atoms with van der Waals surface area (Å²) in [6.07, 6.45) is 0.853. The Morgan fingerprint density at radius 2 is 1.65 bits per heavy atom. The number of rotatable bonds is 6. The van der Waals surface area contributed by atoms with E-state index in [0.29, 0.717) is 0 Å². The molecular formula is C18H31NO. The molecule has 1 aromatic rings. The average Bonchev–Trinajstić information content (AvgIpc) is 2.36. The van der Waals surface area contributed by atoms with Crippen LogP contribution in [0.4, 0.5) is 0 Å². The van der Waals surface area contributed by atoms with E-state index in [2.05, 4.69) is 58.6 Å². The molecule has 0 amide bonds. The Bertz CT molecular complexity index is 409. The van der Waals surface area contributed by atoms with Crippen LogP contribution in [-0.4, -0.2) is 29.7 Å². The minimum atomic E-state index is 0.204. The van der Waals surface area contributed by atoms with E-state index in [1.54, 1.807) is 0 Å². The second kappa shape index (κ2) is 7.24. The maximum Gasteiger partial charge on any atom is 0.0443 e. The van der Waals surface area contributed by atoms with Gasteiger partial charge in [-0.15, -0.1) is 0 Å². The largest absolute Gasteiger partial charge is 0.396 e. The summed E-state index contributed by atoms with van der Waals surface area (Å²) in [5.74, 6) is 0. The Labute approximate surface area is 124 Å². The standard InChI is InChI=1S/C18H31NO/c1-7-19(9-8-10-20)13-17-14(2)11-16(12-15(17)3)18(4,5)6/h11-12,20H,7-10,13H2,1-6H3. The lowest BCUT2D eigenvalue weighted by Gasteiger charge is -2.25. The molecule has 0 saturated carbocycles. The van der Waals surface area contributed by atoms with E-state index in [9.17, 15) is 0 Å². The number of aliphatic hydroxyl groups is 1. The first-order valence-electron chi connectivity index (χ1n) is 7.73. The van der Waals surface area contributed by atoms with Crippen molar-refractivity contribution < 1.29 is 5.11 Å². The quantitative estimate of drug-likeness (QED) is 0.855. The molecule has 0 atom stereocenters. The van der Waals surface area contributed by atoms with Crippen molar-refractivity contribution in [3.63, 3.8) is 0 Å². The highest BCUT2D eigenvalue weighted by Gasteiger charge is 2.17. The molecule has 2 nitrogen and oxygen atoms in total. The van der Waals surface area contributed by atoms with Crippen molar-refractivity contribution in [3.05, 3.63) is 34.4 Å². The van der Waals surface area contributed by atoms with Crippen molar-refractivity contribution in [2.45, 2.75) is 59.9 Å². The second-order valence-corrected chi connectivity index (χ2v) is 6.78. The maximum absolute atomic E-state index is 8.99. The molecule has 114 valence electrons. The van der Waals surface area contributed by atoms with Crippen molar-refractivity contribution in [1.82, 2.24) is 4.90 Å². The van der Waals surface area contributed by atoms with Crippen LogP contribution in [-0.2, 0) is 12.0 Å². The molecule has 1 rings (SSSR count). The summed E-state index contributed by atoms with van der Waals surface area (Å²) in [4.78, 5) is 2.41. The van der Waals surface area contributed by atoms with Crippen molar-refractivity contribution in [2.75, 3.05) is 19.7 Å². The molecule has 0 aliphatic heterocycles. The molecule has 20 heavy (non-hydrogen) atoms. The van der Waals surface area contributed by atoms with Gasteiger partial charge in [-0.25, -0.2) is 0 Å². The lowest BCUT2D eigenvalue weighted by Crippen LogP contribution is -2.26. The molecule has 0 aromatic heterocycles. The zero-order valence-corrected chi connectivity index (χ0v) is 14.1. The van der Waals surface area contributed by atoms with E-state index in [4.69, 9.17) is 5.11 Å². The third-order valence-electron chi connectivity index (χ3n) is 4.02. The van der Waals surface area contributed by atoms with Gasteiger partial charge in [0.1, 0.15) is 0 Å². The van der Waals surface area contributed by atoms with Crippen molar-refractivity contribution in [3.8, 4) is 0 Å². The van der Waals surface area contributed by atoms with Gasteiger partial charge < -0.3 is 5.11 Å². The van der Waals surface area contributed by atoms with Gasteiger partial charge in [0, 0.05) is 19.7 Å². The monoisotopic (exact) mass is 277 g/mol. The smallest absolute Gasteiger partial charge is 0.0443 e. The van der Waals surface area contributed by atoms with Gasteiger partial charge in [0.25, 0.3) is 0 Å². The fourth-order valence-electron chi connectivity index (χ4n) is 2.54. The molecule has 0 aliphatic carbocycles. The van der Waals surface area contributed by atoms with Crippen LogP contribution >= 0.6 is 0 Å². The topological polar surface area (TPSA) is 23.5 Å². The summed E-state index contributed by atoms with van der Waals surface area (Å²) in [6, 6.07) is 4.67. The van der Waals surface area contributed by atoms with E-state index >= 15 is 0 Å². The number of hydrogen-bond acceptors (Lipinski definition) is 2. The van der Waals surface area contributed by atoms with E-state index < -0.39 is 0 Å². The van der Waals surface area contributed by atoms with E-state index in [-0.39, 0.29) is 12.0 Å². The molecule has 2 heteroatoms. The molecule has 1 N–H and O–H groups in total. The van der Waals surface area contributed by atoms with Crippen LogP contribution < -0.4 is 0 Å². The predicted octanol–water partition coefficient (Wildman–Crippen LogP) is 3.81. The van der Waals surface area contributed by atoms with Gasteiger partial charge in [-0.1, -0.05) is 39.8 Å². The maximum atomic E-state index is 8.99. The minimum absolute atomic E-state index is 0.204. The Morgan fingerprint density at radius 1 is 1.10 bits per heavy atom. The first kappa shape index (κ1) is 17.2. The molecule has 0 fully saturated rings. The highest BCUT2D eigenvalue weighted by Crippen LogP contribution is 2.27. The van der Waals surface area contributed by atoms with Crippen LogP contribution in [0.25, 0.3) is 0 Å². The van der Waals surface area contributed by atoms with E-state index in [1.165, 1.54) is 22.3 Å². The highest BCUT2D eigenvalue weighted by molar-refractivity contribution is 5.40. The van der Waals surface area contributed by atoms with Crippen molar-refractivity contribution >= 4 is 0 Å². The van der Waals surface area contributed by atoms with Crippen LogP contribution in [0.3, 0.4) is 0 Å². The number of benzene rings is 1. The van der Waals surface area contributed by atoms with Gasteiger partial charge in [0.05, 0.1) is 0 Å². The molecule has 0 saturated heterocycles. The molecule has 0 bridgehead atoms. The van der Waals surface area contributed by atoms with Crippen LogP contribution in [0, 0.1) is 13.8 Å². The number of hydrogen-bond donors (Lipinski definition) is 1. The second-order valence-electron chi connectivity index (χ2n) is 6.78. The fourth-order valence-corrected chi connectivity index (χ4v) is 2.54. The highest BCUT2D eigenvalue weighted by atomic mass is 16.3. The summed E-state index contributed by atoms with van der Waals surface area (Å²) in [6.45, 7) is 16.7. The summed E-state index contributed by atoms with van der Waals surface area (Å²) in [5, 5.41) is 8.99.